The van der Waals surface area contributed by atoms with Crippen LogP contribution in [0.2, 0.25) is 0 Å². The fraction of sp³-hybridized carbons (Fsp3) is 0.222. The molecular formula is C18H16N6O5. The molecule has 0 bridgehead atoms. The first kappa shape index (κ1) is 18.3. The zero-order valence-electron chi connectivity index (χ0n) is 15.6. The number of aromatic nitrogens is 6. The van der Waals surface area contributed by atoms with E-state index in [1.807, 2.05) is 0 Å². The molecule has 0 aliphatic rings. The summed E-state index contributed by atoms with van der Waals surface area (Å²) in [5.74, 6) is 0.491. The van der Waals surface area contributed by atoms with Crippen LogP contribution in [0.5, 0.6) is 5.75 Å². The van der Waals surface area contributed by atoms with Gasteiger partial charge in [0.2, 0.25) is 5.82 Å². The fourth-order valence-corrected chi connectivity index (χ4v) is 2.70. The third-order valence-corrected chi connectivity index (χ3v) is 4.17. The van der Waals surface area contributed by atoms with Crippen LogP contribution in [0.15, 0.2) is 46.1 Å². The number of ether oxygens (including phenoxy) is 2. The molecule has 0 saturated heterocycles. The molecule has 3 aromatic heterocycles. The molecule has 0 radical (unpaired) electrons. The van der Waals surface area contributed by atoms with Crippen molar-refractivity contribution in [1.82, 2.24) is 29.5 Å². The van der Waals surface area contributed by atoms with E-state index in [4.69, 9.17) is 14.0 Å². The van der Waals surface area contributed by atoms with E-state index in [9.17, 15) is 9.59 Å². The topological polar surface area (TPSA) is 127 Å². The van der Waals surface area contributed by atoms with Gasteiger partial charge >= 0.3 is 5.97 Å². The summed E-state index contributed by atoms with van der Waals surface area (Å²) in [5, 5.41) is 8.17. The SMILES string of the molecule is COc1cccc(-c2noc(COC(=O)Cn3cnc4c(cnn4C)c3=O)n2)c1. The molecule has 0 saturated carbocycles. The minimum Gasteiger partial charge on any atom is -0.497 e. The van der Waals surface area contributed by atoms with Gasteiger partial charge < -0.3 is 14.0 Å². The first-order valence-corrected chi connectivity index (χ1v) is 8.55. The zero-order valence-corrected chi connectivity index (χ0v) is 15.6. The van der Waals surface area contributed by atoms with E-state index in [0.29, 0.717) is 28.2 Å². The van der Waals surface area contributed by atoms with Crippen LogP contribution in [0.25, 0.3) is 22.4 Å². The lowest BCUT2D eigenvalue weighted by molar-refractivity contribution is -0.146. The van der Waals surface area contributed by atoms with Crippen LogP contribution in [0.1, 0.15) is 5.89 Å². The van der Waals surface area contributed by atoms with Gasteiger partial charge in [-0.1, -0.05) is 17.3 Å². The van der Waals surface area contributed by atoms with Crippen LogP contribution in [0, 0.1) is 0 Å². The molecule has 0 unspecified atom stereocenters. The number of rotatable bonds is 6. The summed E-state index contributed by atoms with van der Waals surface area (Å²) in [7, 11) is 3.24. The molecule has 148 valence electrons. The highest BCUT2D eigenvalue weighted by Crippen LogP contribution is 2.21. The number of fused-ring (bicyclic) bond motifs is 1. The number of carbonyl (C=O) groups excluding carboxylic acids is 1. The second-order valence-electron chi connectivity index (χ2n) is 6.09. The molecule has 4 aromatic rings. The average molecular weight is 396 g/mol. The number of aryl methyl sites for hydroxylation is 1. The van der Waals surface area contributed by atoms with E-state index in [2.05, 4.69) is 20.2 Å². The number of hydrogen-bond acceptors (Lipinski definition) is 9. The summed E-state index contributed by atoms with van der Waals surface area (Å²) in [4.78, 5) is 32.8. The van der Waals surface area contributed by atoms with E-state index in [-0.39, 0.29) is 24.6 Å². The first-order valence-electron chi connectivity index (χ1n) is 8.55. The molecule has 0 amide bonds. The van der Waals surface area contributed by atoms with Crippen molar-refractivity contribution in [1.29, 1.82) is 0 Å². The Hall–Kier alpha value is -4.02. The average Bonchev–Trinajstić information content (AvgIpc) is 3.36. The van der Waals surface area contributed by atoms with Crippen LogP contribution < -0.4 is 10.3 Å². The molecule has 4 rings (SSSR count). The highest BCUT2D eigenvalue weighted by molar-refractivity contribution is 5.74. The fourth-order valence-electron chi connectivity index (χ4n) is 2.70. The van der Waals surface area contributed by atoms with Gasteiger partial charge in [-0.15, -0.1) is 0 Å². The Morgan fingerprint density at radius 3 is 3.00 bits per heavy atom. The number of carbonyl (C=O) groups is 1. The summed E-state index contributed by atoms with van der Waals surface area (Å²) >= 11 is 0. The van der Waals surface area contributed by atoms with Crippen molar-refractivity contribution in [2.75, 3.05) is 7.11 Å². The minimum absolute atomic E-state index is 0.129. The number of nitrogens with zero attached hydrogens (tertiary/aromatic N) is 6. The molecule has 29 heavy (non-hydrogen) atoms. The Morgan fingerprint density at radius 1 is 1.31 bits per heavy atom. The minimum atomic E-state index is -0.640. The maximum absolute atomic E-state index is 12.4. The molecule has 0 aliphatic carbocycles. The van der Waals surface area contributed by atoms with E-state index in [1.165, 1.54) is 17.2 Å². The van der Waals surface area contributed by atoms with Crippen molar-refractivity contribution in [3.63, 3.8) is 0 Å². The van der Waals surface area contributed by atoms with Gasteiger partial charge in [-0.05, 0) is 12.1 Å². The lowest BCUT2D eigenvalue weighted by atomic mass is 10.2. The lowest BCUT2D eigenvalue weighted by Crippen LogP contribution is -2.25. The van der Waals surface area contributed by atoms with Gasteiger partial charge in [-0.2, -0.15) is 10.1 Å². The van der Waals surface area contributed by atoms with Crippen molar-refractivity contribution >= 4 is 17.0 Å². The van der Waals surface area contributed by atoms with Gasteiger partial charge in [0.25, 0.3) is 11.4 Å². The van der Waals surface area contributed by atoms with Crippen molar-refractivity contribution in [3.05, 3.63) is 53.0 Å². The number of esters is 1. The molecule has 11 heteroatoms. The number of benzene rings is 1. The monoisotopic (exact) mass is 396 g/mol. The summed E-state index contributed by atoms with van der Waals surface area (Å²) in [5.41, 5.74) is 0.766. The Labute approximate surface area is 163 Å². The maximum Gasteiger partial charge on any atom is 0.326 e. The Morgan fingerprint density at radius 2 is 2.17 bits per heavy atom. The molecular weight excluding hydrogens is 380 g/mol. The zero-order chi connectivity index (χ0) is 20.4. The van der Waals surface area contributed by atoms with E-state index >= 15 is 0 Å². The second-order valence-corrected chi connectivity index (χ2v) is 6.09. The Kier molecular flexibility index (Phi) is 4.77. The quantitative estimate of drug-likeness (QED) is 0.437. The van der Waals surface area contributed by atoms with Crippen LogP contribution in [-0.4, -0.2) is 42.6 Å². The summed E-state index contributed by atoms with van der Waals surface area (Å²) in [6.45, 7) is -0.513. The van der Waals surface area contributed by atoms with Crippen molar-refractivity contribution < 1.29 is 18.8 Å². The van der Waals surface area contributed by atoms with E-state index < -0.39 is 5.97 Å². The normalized spacial score (nSPS) is 11.0. The number of hydrogen-bond donors (Lipinski definition) is 0. The Balaban J connectivity index is 1.41. The third kappa shape index (κ3) is 3.70. The second kappa shape index (κ2) is 7.54. The van der Waals surface area contributed by atoms with Gasteiger partial charge in [-0.25, -0.2) is 4.98 Å². The predicted octanol–water partition coefficient (Wildman–Crippen LogP) is 0.932. The van der Waals surface area contributed by atoms with Crippen molar-refractivity contribution in [3.8, 4) is 17.1 Å². The van der Waals surface area contributed by atoms with Crippen molar-refractivity contribution in [2.45, 2.75) is 13.2 Å². The predicted molar refractivity (Wildman–Crippen MR) is 98.9 cm³/mol. The molecule has 0 N–H and O–H groups in total. The highest BCUT2D eigenvalue weighted by Gasteiger charge is 2.14. The van der Waals surface area contributed by atoms with E-state index in [0.717, 1.165) is 4.57 Å². The van der Waals surface area contributed by atoms with Crippen LogP contribution >= 0.6 is 0 Å². The maximum atomic E-state index is 12.4. The lowest BCUT2D eigenvalue weighted by Gasteiger charge is -2.05. The highest BCUT2D eigenvalue weighted by atomic mass is 16.6. The molecule has 11 nitrogen and oxygen atoms in total. The van der Waals surface area contributed by atoms with Gasteiger partial charge in [0.05, 0.1) is 13.3 Å². The Bertz CT molecular complexity index is 1240. The summed E-state index contributed by atoms with van der Waals surface area (Å²) in [6.07, 6.45) is 2.69. The molecule has 0 spiro atoms. The molecule has 1 aromatic carbocycles. The van der Waals surface area contributed by atoms with E-state index in [1.54, 1.807) is 38.4 Å². The number of methoxy groups -OCH3 is 1. The van der Waals surface area contributed by atoms with Crippen molar-refractivity contribution in [2.24, 2.45) is 7.05 Å². The summed E-state index contributed by atoms with van der Waals surface area (Å²) in [6, 6.07) is 7.16. The molecule has 0 aliphatic heterocycles. The van der Waals surface area contributed by atoms with Crippen LogP contribution in [-0.2, 0) is 29.7 Å². The molecule has 3 heterocycles. The van der Waals surface area contributed by atoms with Gasteiger partial charge in [0.15, 0.2) is 12.3 Å². The third-order valence-electron chi connectivity index (χ3n) is 4.17. The van der Waals surface area contributed by atoms with Gasteiger partial charge in [-0.3, -0.25) is 18.8 Å². The summed E-state index contributed by atoms with van der Waals surface area (Å²) < 4.78 is 18.0. The molecule has 0 fully saturated rings. The molecule has 0 atom stereocenters. The smallest absolute Gasteiger partial charge is 0.326 e. The van der Waals surface area contributed by atoms with Crippen LogP contribution in [0.3, 0.4) is 0 Å². The first-order chi connectivity index (χ1) is 14.0. The van der Waals surface area contributed by atoms with Crippen LogP contribution in [0.4, 0.5) is 0 Å². The van der Waals surface area contributed by atoms with Gasteiger partial charge in [0, 0.05) is 12.6 Å². The standard InChI is InChI=1S/C18H16N6O5/c1-23-17-13(7-20-23)18(26)24(10-19-17)8-15(25)28-9-14-21-16(22-29-14)11-4-3-5-12(6-11)27-2/h3-7,10H,8-9H2,1-2H3. The van der Waals surface area contributed by atoms with Gasteiger partial charge in [0.1, 0.15) is 24.0 Å². The largest absolute Gasteiger partial charge is 0.497 e.